The number of carbonyl (C=O) groups excluding carboxylic acids is 1. The van der Waals surface area contributed by atoms with Gasteiger partial charge in [0.15, 0.2) is 0 Å². The predicted molar refractivity (Wildman–Crippen MR) is 120 cm³/mol. The van der Waals surface area contributed by atoms with E-state index in [9.17, 15) is 14.4 Å². The molecular formula is C23H23N5O3. The summed E-state index contributed by atoms with van der Waals surface area (Å²) in [5.74, 6) is 0.0543. The molecule has 2 aromatic carbocycles. The second-order valence-electron chi connectivity index (χ2n) is 7.89. The van der Waals surface area contributed by atoms with Gasteiger partial charge in [0.1, 0.15) is 0 Å². The molecule has 0 aliphatic carbocycles. The van der Waals surface area contributed by atoms with Crippen LogP contribution in [-0.4, -0.2) is 25.0 Å². The fraction of sp³-hybridized carbons (Fsp3) is 0.261. The average Bonchev–Trinajstić information content (AvgIpc) is 2.75. The van der Waals surface area contributed by atoms with Crippen molar-refractivity contribution in [3.8, 4) is 0 Å². The van der Waals surface area contributed by atoms with Gasteiger partial charge >= 0.3 is 0 Å². The Morgan fingerprint density at radius 3 is 2.39 bits per heavy atom. The zero-order valence-corrected chi connectivity index (χ0v) is 17.4. The van der Waals surface area contributed by atoms with Crippen LogP contribution in [0.25, 0.3) is 21.8 Å². The van der Waals surface area contributed by atoms with Crippen LogP contribution in [0.15, 0.2) is 64.7 Å². The zero-order chi connectivity index (χ0) is 22.0. The van der Waals surface area contributed by atoms with Crippen LogP contribution in [-0.2, 0) is 17.9 Å². The third kappa shape index (κ3) is 4.37. The number of aryl methyl sites for hydroxylation is 1. The molecule has 4 aromatic rings. The van der Waals surface area contributed by atoms with Crippen LogP contribution in [0.2, 0.25) is 0 Å². The zero-order valence-electron chi connectivity index (χ0n) is 17.4. The first kappa shape index (κ1) is 20.5. The summed E-state index contributed by atoms with van der Waals surface area (Å²) in [5, 5.41) is 3.77. The van der Waals surface area contributed by atoms with Crippen LogP contribution >= 0.6 is 0 Å². The van der Waals surface area contributed by atoms with Crippen LogP contribution in [0.3, 0.4) is 0 Å². The van der Waals surface area contributed by atoms with Crippen LogP contribution in [0.5, 0.6) is 0 Å². The van der Waals surface area contributed by atoms with Gasteiger partial charge in [-0.15, -0.1) is 0 Å². The maximum absolute atomic E-state index is 12.7. The van der Waals surface area contributed by atoms with E-state index in [0.29, 0.717) is 40.0 Å². The summed E-state index contributed by atoms with van der Waals surface area (Å²) in [6.45, 7) is 4.85. The van der Waals surface area contributed by atoms with Gasteiger partial charge in [-0.25, -0.2) is 9.97 Å². The number of anilines is 1. The van der Waals surface area contributed by atoms with Gasteiger partial charge in [0.25, 0.3) is 11.1 Å². The molecule has 158 valence electrons. The number of para-hydroxylation sites is 1. The van der Waals surface area contributed by atoms with Crippen LogP contribution < -0.4 is 16.4 Å². The fourth-order valence-electron chi connectivity index (χ4n) is 3.47. The normalized spacial score (nSPS) is 11.3. The third-order valence-electron chi connectivity index (χ3n) is 4.98. The second kappa shape index (κ2) is 8.51. The number of nitrogens with one attached hydrogen (secondary N) is 1. The lowest BCUT2D eigenvalue weighted by molar-refractivity contribution is -0.116. The van der Waals surface area contributed by atoms with Gasteiger partial charge in [-0.05, 0) is 36.2 Å². The van der Waals surface area contributed by atoms with Gasteiger partial charge in [-0.3, -0.25) is 23.5 Å². The molecule has 31 heavy (non-hydrogen) atoms. The van der Waals surface area contributed by atoms with Crippen LogP contribution in [0.1, 0.15) is 20.3 Å². The maximum Gasteiger partial charge on any atom is 0.261 e. The van der Waals surface area contributed by atoms with E-state index in [1.165, 1.54) is 10.9 Å². The summed E-state index contributed by atoms with van der Waals surface area (Å²) in [4.78, 5) is 46.3. The molecule has 0 unspecified atom stereocenters. The number of benzene rings is 2. The van der Waals surface area contributed by atoms with Crippen LogP contribution in [0.4, 0.5) is 5.69 Å². The van der Waals surface area contributed by atoms with Gasteiger partial charge in [0.2, 0.25) is 5.91 Å². The number of aromatic nitrogens is 4. The summed E-state index contributed by atoms with van der Waals surface area (Å²) >= 11 is 0. The van der Waals surface area contributed by atoms with Crippen molar-refractivity contribution in [3.05, 3.63) is 75.8 Å². The van der Waals surface area contributed by atoms with E-state index in [-0.39, 0.29) is 30.0 Å². The summed E-state index contributed by atoms with van der Waals surface area (Å²) in [7, 11) is 0. The van der Waals surface area contributed by atoms with Crippen molar-refractivity contribution in [1.82, 2.24) is 19.1 Å². The van der Waals surface area contributed by atoms with Gasteiger partial charge in [0.05, 0.1) is 34.5 Å². The van der Waals surface area contributed by atoms with Crippen molar-refractivity contribution in [3.63, 3.8) is 0 Å². The molecule has 0 saturated heterocycles. The number of fused-ring (bicyclic) bond motifs is 2. The predicted octanol–water partition coefficient (Wildman–Crippen LogP) is 2.79. The van der Waals surface area contributed by atoms with Crippen molar-refractivity contribution < 1.29 is 4.79 Å². The molecular weight excluding hydrogens is 394 g/mol. The lowest BCUT2D eigenvalue weighted by Gasteiger charge is -2.10. The molecule has 0 aliphatic rings. The molecule has 2 heterocycles. The van der Waals surface area contributed by atoms with Crippen LogP contribution in [0, 0.1) is 5.92 Å². The molecule has 0 bridgehead atoms. The first-order valence-electron chi connectivity index (χ1n) is 10.2. The highest BCUT2D eigenvalue weighted by molar-refractivity contribution is 5.93. The molecule has 0 aliphatic heterocycles. The Morgan fingerprint density at radius 1 is 0.935 bits per heavy atom. The van der Waals surface area contributed by atoms with Gasteiger partial charge < -0.3 is 5.32 Å². The van der Waals surface area contributed by atoms with Crippen molar-refractivity contribution in [2.75, 3.05) is 5.32 Å². The van der Waals surface area contributed by atoms with E-state index >= 15 is 0 Å². The topological polar surface area (TPSA) is 98.9 Å². The quantitative estimate of drug-likeness (QED) is 0.520. The lowest BCUT2D eigenvalue weighted by Crippen LogP contribution is -2.24. The maximum atomic E-state index is 12.7. The Kier molecular flexibility index (Phi) is 5.62. The molecule has 0 saturated carbocycles. The van der Waals surface area contributed by atoms with Crippen molar-refractivity contribution in [2.24, 2.45) is 5.92 Å². The summed E-state index contributed by atoms with van der Waals surface area (Å²) in [6, 6.07) is 12.2. The molecule has 1 amide bonds. The first-order chi connectivity index (χ1) is 14.9. The van der Waals surface area contributed by atoms with E-state index < -0.39 is 0 Å². The third-order valence-corrected chi connectivity index (χ3v) is 4.98. The number of hydrogen-bond acceptors (Lipinski definition) is 5. The molecule has 0 fully saturated rings. The Labute approximate surface area is 178 Å². The van der Waals surface area contributed by atoms with E-state index in [4.69, 9.17) is 0 Å². The highest BCUT2D eigenvalue weighted by atomic mass is 16.2. The number of hydrogen-bond donors (Lipinski definition) is 1. The van der Waals surface area contributed by atoms with E-state index in [1.807, 2.05) is 19.9 Å². The largest absolute Gasteiger partial charge is 0.326 e. The molecule has 8 nitrogen and oxygen atoms in total. The summed E-state index contributed by atoms with van der Waals surface area (Å²) in [6.07, 6.45) is 3.11. The first-order valence-corrected chi connectivity index (χ1v) is 10.2. The molecule has 4 rings (SSSR count). The highest BCUT2D eigenvalue weighted by Gasteiger charge is 2.10. The van der Waals surface area contributed by atoms with Gasteiger partial charge in [-0.1, -0.05) is 26.0 Å². The van der Waals surface area contributed by atoms with E-state index in [1.54, 1.807) is 47.3 Å². The van der Waals surface area contributed by atoms with E-state index in [0.717, 1.165) is 0 Å². The highest BCUT2D eigenvalue weighted by Crippen LogP contribution is 2.15. The minimum atomic E-state index is -0.259. The number of nitrogens with zero attached hydrogens (tertiary/aromatic N) is 4. The smallest absolute Gasteiger partial charge is 0.261 e. The van der Waals surface area contributed by atoms with Crippen molar-refractivity contribution >= 4 is 33.4 Å². The molecule has 0 spiro atoms. The van der Waals surface area contributed by atoms with Crippen molar-refractivity contribution in [2.45, 2.75) is 33.4 Å². The number of carbonyl (C=O) groups is 1. The van der Waals surface area contributed by atoms with E-state index in [2.05, 4.69) is 15.3 Å². The molecule has 0 radical (unpaired) electrons. The Hall–Kier alpha value is -3.81. The standard InChI is InChI=1S/C23H23N5O3/c1-15(2)12-28-14-25-20-8-7-16(11-18(20)23(28)31)26-21(29)9-10-27-13-24-19-6-4-3-5-17(19)22(27)30/h3-8,11,13-15H,9-10,12H2,1-2H3,(H,26,29). The van der Waals surface area contributed by atoms with Gasteiger partial charge in [-0.2, -0.15) is 0 Å². The number of amides is 1. The minimum absolute atomic E-state index is 0.0998. The summed E-state index contributed by atoms with van der Waals surface area (Å²) in [5.41, 5.74) is 1.41. The monoisotopic (exact) mass is 417 g/mol. The second-order valence-corrected chi connectivity index (χ2v) is 7.89. The Bertz CT molecular complexity index is 1390. The average molecular weight is 417 g/mol. The number of rotatable bonds is 6. The molecule has 8 heteroatoms. The fourth-order valence-corrected chi connectivity index (χ4v) is 3.47. The lowest BCUT2D eigenvalue weighted by atomic mass is 10.2. The Balaban J connectivity index is 1.49. The SMILES string of the molecule is CC(C)Cn1cnc2ccc(NC(=O)CCn3cnc4ccccc4c3=O)cc2c1=O. The van der Waals surface area contributed by atoms with Crippen molar-refractivity contribution in [1.29, 1.82) is 0 Å². The molecule has 0 atom stereocenters. The summed E-state index contributed by atoms with van der Waals surface area (Å²) < 4.78 is 3.01. The molecule has 1 N–H and O–H groups in total. The van der Waals surface area contributed by atoms with Gasteiger partial charge in [0, 0.05) is 25.2 Å². The molecule has 2 aromatic heterocycles. The minimum Gasteiger partial charge on any atom is -0.326 e. The Morgan fingerprint density at radius 2 is 1.61 bits per heavy atom.